The van der Waals surface area contributed by atoms with E-state index in [0.717, 1.165) is 16.7 Å². The van der Waals surface area contributed by atoms with Gasteiger partial charge < -0.3 is 25.2 Å². The second-order valence-corrected chi connectivity index (χ2v) is 6.54. The van der Waals surface area contributed by atoms with E-state index in [4.69, 9.17) is 9.47 Å². The lowest BCUT2D eigenvalue weighted by molar-refractivity contribution is 0.199. The number of rotatable bonds is 9. The Morgan fingerprint density at radius 1 is 0.964 bits per heavy atom. The molecule has 2 atom stereocenters. The Bertz CT molecular complexity index is 760. The van der Waals surface area contributed by atoms with Crippen LogP contribution in [0.15, 0.2) is 42.5 Å². The van der Waals surface area contributed by atoms with Crippen LogP contribution in [0.5, 0.6) is 11.5 Å². The molecular formula is C22H30N2O4. The van der Waals surface area contributed by atoms with Crippen molar-refractivity contribution in [3.8, 4) is 11.5 Å². The van der Waals surface area contributed by atoms with Crippen LogP contribution in [0.25, 0.3) is 0 Å². The van der Waals surface area contributed by atoms with Crippen molar-refractivity contribution >= 4 is 6.03 Å². The number of carbonyl (C=O) groups is 1. The number of amides is 2. The van der Waals surface area contributed by atoms with Crippen molar-refractivity contribution in [2.24, 2.45) is 0 Å². The lowest BCUT2D eigenvalue weighted by atomic mass is 10.1. The first-order valence-electron chi connectivity index (χ1n) is 9.65. The Labute approximate surface area is 166 Å². The van der Waals surface area contributed by atoms with Gasteiger partial charge in [0.1, 0.15) is 0 Å². The molecule has 3 N–H and O–H groups in total. The van der Waals surface area contributed by atoms with Gasteiger partial charge >= 0.3 is 6.03 Å². The van der Waals surface area contributed by atoms with Gasteiger partial charge in [-0.2, -0.15) is 0 Å². The largest absolute Gasteiger partial charge is 0.490 e. The summed E-state index contributed by atoms with van der Waals surface area (Å²) in [7, 11) is 0. The number of aliphatic hydroxyl groups excluding tert-OH is 1. The number of benzene rings is 2. The summed E-state index contributed by atoms with van der Waals surface area (Å²) in [6, 6.07) is 12.8. The fourth-order valence-corrected chi connectivity index (χ4v) is 2.76. The highest BCUT2D eigenvalue weighted by atomic mass is 16.5. The predicted molar refractivity (Wildman–Crippen MR) is 110 cm³/mol. The summed E-state index contributed by atoms with van der Waals surface area (Å²) in [6.45, 7) is 9.00. The average Bonchev–Trinajstić information content (AvgIpc) is 2.68. The molecule has 152 valence electrons. The average molecular weight is 386 g/mol. The van der Waals surface area contributed by atoms with Crippen molar-refractivity contribution in [2.45, 2.75) is 46.4 Å². The maximum absolute atomic E-state index is 12.2. The summed E-state index contributed by atoms with van der Waals surface area (Å²) >= 11 is 0. The molecule has 2 rings (SSSR count). The van der Waals surface area contributed by atoms with Crippen LogP contribution in [0, 0.1) is 0 Å². The van der Waals surface area contributed by atoms with Crippen LogP contribution in [0.1, 0.15) is 56.5 Å². The van der Waals surface area contributed by atoms with E-state index in [0.29, 0.717) is 31.3 Å². The first kappa shape index (κ1) is 21.6. The molecule has 0 radical (unpaired) electrons. The SMILES string of the molecule is CCOc1ccc([C@H](C)NC(=O)NCc2ccc([C@H](C)O)cc2)cc1OCC. The molecule has 0 aromatic heterocycles. The molecule has 0 aliphatic heterocycles. The second-order valence-electron chi connectivity index (χ2n) is 6.54. The fraction of sp³-hybridized carbons (Fsp3) is 0.409. The van der Waals surface area contributed by atoms with E-state index in [2.05, 4.69) is 10.6 Å². The van der Waals surface area contributed by atoms with Crippen molar-refractivity contribution in [1.29, 1.82) is 0 Å². The second kappa shape index (κ2) is 10.6. The van der Waals surface area contributed by atoms with Crippen LogP contribution in [0.2, 0.25) is 0 Å². The zero-order chi connectivity index (χ0) is 20.5. The molecule has 0 heterocycles. The number of ether oxygens (including phenoxy) is 2. The third-order valence-electron chi connectivity index (χ3n) is 4.33. The minimum absolute atomic E-state index is 0.188. The number of nitrogens with one attached hydrogen (secondary N) is 2. The summed E-state index contributed by atoms with van der Waals surface area (Å²) in [6.07, 6.45) is -0.498. The van der Waals surface area contributed by atoms with Crippen LogP contribution >= 0.6 is 0 Å². The van der Waals surface area contributed by atoms with E-state index in [1.54, 1.807) is 6.92 Å². The molecule has 6 heteroatoms. The Morgan fingerprint density at radius 2 is 1.57 bits per heavy atom. The van der Waals surface area contributed by atoms with Gasteiger partial charge in [0.15, 0.2) is 11.5 Å². The van der Waals surface area contributed by atoms with Crippen LogP contribution in [0.4, 0.5) is 4.79 Å². The standard InChI is InChI=1S/C22H30N2O4/c1-5-27-20-12-11-19(13-21(20)28-6-2)15(3)24-22(26)23-14-17-7-9-18(10-8-17)16(4)25/h7-13,15-16,25H,5-6,14H2,1-4H3,(H2,23,24,26)/t15-,16-/m0/s1. The van der Waals surface area contributed by atoms with Crippen LogP contribution in [0.3, 0.4) is 0 Å². The molecule has 0 aliphatic carbocycles. The first-order chi connectivity index (χ1) is 13.4. The van der Waals surface area contributed by atoms with Crippen LogP contribution < -0.4 is 20.1 Å². The highest BCUT2D eigenvalue weighted by molar-refractivity contribution is 5.74. The Hall–Kier alpha value is -2.73. The third kappa shape index (κ3) is 6.16. The monoisotopic (exact) mass is 386 g/mol. The van der Waals surface area contributed by atoms with Gasteiger partial charge in [-0.15, -0.1) is 0 Å². The number of urea groups is 1. The minimum Gasteiger partial charge on any atom is -0.490 e. The van der Waals surface area contributed by atoms with Crippen LogP contribution in [-0.2, 0) is 6.54 Å². The van der Waals surface area contributed by atoms with E-state index in [-0.39, 0.29) is 12.1 Å². The molecule has 2 aromatic rings. The van der Waals surface area contributed by atoms with Crippen molar-refractivity contribution in [2.75, 3.05) is 13.2 Å². The molecule has 28 heavy (non-hydrogen) atoms. The number of aliphatic hydroxyl groups is 1. The quantitative estimate of drug-likeness (QED) is 0.606. The van der Waals surface area contributed by atoms with Gasteiger partial charge in [-0.25, -0.2) is 4.79 Å². The van der Waals surface area contributed by atoms with E-state index >= 15 is 0 Å². The highest BCUT2D eigenvalue weighted by Crippen LogP contribution is 2.30. The number of hydrogen-bond acceptors (Lipinski definition) is 4. The summed E-state index contributed by atoms with van der Waals surface area (Å²) < 4.78 is 11.2. The van der Waals surface area contributed by atoms with Gasteiger partial charge in [0.25, 0.3) is 0 Å². The molecule has 2 amide bonds. The smallest absolute Gasteiger partial charge is 0.315 e. The van der Waals surface area contributed by atoms with E-state index < -0.39 is 6.10 Å². The topological polar surface area (TPSA) is 79.8 Å². The van der Waals surface area contributed by atoms with Gasteiger partial charge in [-0.3, -0.25) is 0 Å². The van der Waals surface area contributed by atoms with Crippen molar-refractivity contribution in [3.05, 3.63) is 59.2 Å². The fourth-order valence-electron chi connectivity index (χ4n) is 2.76. The Balaban J connectivity index is 1.93. The summed E-state index contributed by atoms with van der Waals surface area (Å²) in [4.78, 5) is 12.2. The molecule has 0 bridgehead atoms. The zero-order valence-electron chi connectivity index (χ0n) is 17.0. The van der Waals surface area contributed by atoms with Gasteiger partial charge in [0.05, 0.1) is 25.4 Å². The predicted octanol–water partition coefficient (Wildman–Crippen LogP) is 4.10. The van der Waals surface area contributed by atoms with E-state index in [1.165, 1.54) is 0 Å². The summed E-state index contributed by atoms with van der Waals surface area (Å²) in [5.41, 5.74) is 2.75. The van der Waals surface area contributed by atoms with Crippen molar-refractivity contribution in [3.63, 3.8) is 0 Å². The lowest BCUT2D eigenvalue weighted by Gasteiger charge is -2.18. The maximum Gasteiger partial charge on any atom is 0.315 e. The van der Waals surface area contributed by atoms with Gasteiger partial charge in [-0.05, 0) is 56.5 Å². The molecule has 0 saturated carbocycles. The molecular weight excluding hydrogens is 356 g/mol. The third-order valence-corrected chi connectivity index (χ3v) is 4.33. The van der Waals surface area contributed by atoms with Gasteiger partial charge in [0.2, 0.25) is 0 Å². The molecule has 0 saturated heterocycles. The molecule has 0 spiro atoms. The van der Waals surface area contributed by atoms with Crippen LogP contribution in [-0.4, -0.2) is 24.4 Å². The van der Waals surface area contributed by atoms with Gasteiger partial charge in [0, 0.05) is 6.54 Å². The Morgan fingerprint density at radius 3 is 2.18 bits per heavy atom. The molecule has 6 nitrogen and oxygen atoms in total. The zero-order valence-corrected chi connectivity index (χ0v) is 17.0. The summed E-state index contributed by atoms with van der Waals surface area (Å²) in [5.74, 6) is 1.37. The highest BCUT2D eigenvalue weighted by Gasteiger charge is 2.13. The van der Waals surface area contributed by atoms with E-state index in [9.17, 15) is 9.90 Å². The molecule has 0 unspecified atom stereocenters. The maximum atomic E-state index is 12.2. The summed E-state index contributed by atoms with van der Waals surface area (Å²) in [5, 5.41) is 15.3. The Kier molecular flexibility index (Phi) is 8.14. The van der Waals surface area contributed by atoms with E-state index in [1.807, 2.05) is 63.2 Å². The van der Waals surface area contributed by atoms with Gasteiger partial charge in [-0.1, -0.05) is 30.3 Å². The number of hydrogen-bond donors (Lipinski definition) is 3. The minimum atomic E-state index is -0.498. The molecule has 0 fully saturated rings. The lowest BCUT2D eigenvalue weighted by Crippen LogP contribution is -2.36. The normalized spacial score (nSPS) is 12.8. The van der Waals surface area contributed by atoms with Crippen molar-refractivity contribution in [1.82, 2.24) is 10.6 Å². The molecule has 0 aliphatic rings. The first-order valence-corrected chi connectivity index (χ1v) is 9.65. The molecule has 2 aromatic carbocycles. The van der Waals surface area contributed by atoms with Crippen molar-refractivity contribution < 1.29 is 19.4 Å². The number of carbonyl (C=O) groups excluding carboxylic acids is 1.